The van der Waals surface area contributed by atoms with Crippen molar-refractivity contribution in [2.24, 2.45) is 0 Å². The maximum Gasteiger partial charge on any atom is 1.00 e. The van der Waals surface area contributed by atoms with Crippen LogP contribution >= 0.6 is 22.8 Å². The molecule has 23 heteroatoms. The van der Waals surface area contributed by atoms with Gasteiger partial charge in [0.15, 0.2) is 0 Å². The van der Waals surface area contributed by atoms with Crippen LogP contribution in [0, 0.1) is 0 Å². The summed E-state index contributed by atoms with van der Waals surface area (Å²) in [5.41, 5.74) is 0. The number of hydrogen-bond acceptors (Lipinski definition) is 11. The quantitative estimate of drug-likeness (QED) is 0.0794. The Kier molecular flexibility index (Phi) is 29.8. The van der Waals surface area contributed by atoms with Crippen molar-refractivity contribution in [3.05, 3.63) is 0 Å². The Morgan fingerprint density at radius 2 is 0.812 bits per heavy atom. The van der Waals surface area contributed by atoms with Crippen molar-refractivity contribution >= 4 is 40.7 Å². The molecule has 0 aromatic rings. The molecule has 0 aliphatic rings. The smallest absolute Gasteiger partial charge is 0.549 e. The minimum atomic E-state index is -4.12. The third kappa shape index (κ3) is 57.5. The SMILES string of the molecule is O=C(O)CNCP(=O)(O)O.O=C([O-])CNCP(=O)(O)O.O=C([O-])CNCP(=O)(O)O.[Na+].[Na+]. The van der Waals surface area contributed by atoms with E-state index in [9.17, 15) is 38.3 Å². The van der Waals surface area contributed by atoms with Crippen LogP contribution in [0.1, 0.15) is 0 Å². The summed E-state index contributed by atoms with van der Waals surface area (Å²) in [6, 6.07) is 0. The predicted octanol–water partition coefficient (Wildman–Crippen LogP) is -12.3. The third-order valence-corrected chi connectivity index (χ3v) is 3.67. The molecule has 0 fully saturated rings. The van der Waals surface area contributed by atoms with E-state index in [0.717, 1.165) is 0 Å². The molecule has 18 nitrogen and oxygen atoms in total. The largest absolute Gasteiger partial charge is 1.00 e. The Morgan fingerprint density at radius 1 is 0.594 bits per heavy atom. The first-order chi connectivity index (χ1) is 13.2. The second-order valence-corrected chi connectivity index (χ2v) is 9.82. The van der Waals surface area contributed by atoms with Gasteiger partial charge in [0.05, 0.1) is 37.3 Å². The Bertz CT molecular complexity index is 588. The molecule has 10 N–H and O–H groups in total. The summed E-state index contributed by atoms with van der Waals surface area (Å²) in [7, 11) is -12.3. The van der Waals surface area contributed by atoms with Crippen LogP contribution in [0.3, 0.4) is 0 Å². The van der Waals surface area contributed by atoms with Crippen LogP contribution in [-0.4, -0.2) is 90.9 Å². The van der Waals surface area contributed by atoms with E-state index in [0.29, 0.717) is 0 Å². The summed E-state index contributed by atoms with van der Waals surface area (Å²) >= 11 is 0. The monoisotopic (exact) mass is 551 g/mol. The molecular formula is C9H22N3Na2O15P3. The van der Waals surface area contributed by atoms with Gasteiger partial charge in [0.25, 0.3) is 0 Å². The van der Waals surface area contributed by atoms with Crippen LogP contribution in [0.25, 0.3) is 0 Å². The van der Waals surface area contributed by atoms with Crippen LogP contribution in [-0.2, 0) is 28.1 Å². The Labute approximate surface area is 225 Å². The van der Waals surface area contributed by atoms with Gasteiger partial charge in [0, 0.05) is 13.1 Å². The second-order valence-electron chi connectivity index (χ2n) is 4.89. The number of nitrogens with one attached hydrogen (secondary N) is 3. The topological polar surface area (TPSA) is 326 Å². The molecule has 0 aromatic heterocycles. The Balaban J connectivity index is -0.000000110. The van der Waals surface area contributed by atoms with Gasteiger partial charge in [0.1, 0.15) is 0 Å². The first-order valence-electron chi connectivity index (χ1n) is 7.12. The zero-order chi connectivity index (χ0) is 24.6. The normalized spacial score (nSPS) is 10.7. The molecule has 180 valence electrons. The molecule has 0 spiro atoms. The van der Waals surface area contributed by atoms with E-state index in [1.165, 1.54) is 0 Å². The minimum absolute atomic E-state index is 0. The van der Waals surface area contributed by atoms with E-state index in [1.54, 1.807) is 0 Å². The molecule has 0 saturated carbocycles. The number of rotatable bonds is 12. The van der Waals surface area contributed by atoms with Gasteiger partial charge in [0.2, 0.25) is 0 Å². The summed E-state index contributed by atoms with van der Waals surface area (Å²) in [4.78, 5) is 78.1. The van der Waals surface area contributed by atoms with Gasteiger partial charge in [-0.15, -0.1) is 0 Å². The van der Waals surface area contributed by atoms with Crippen molar-refractivity contribution in [1.82, 2.24) is 16.0 Å². The van der Waals surface area contributed by atoms with Crippen LogP contribution in [0.2, 0.25) is 0 Å². The zero-order valence-electron chi connectivity index (χ0n) is 17.0. The van der Waals surface area contributed by atoms with Crippen molar-refractivity contribution in [3.63, 3.8) is 0 Å². The van der Waals surface area contributed by atoms with E-state index in [2.05, 4.69) is 5.32 Å². The van der Waals surface area contributed by atoms with Crippen molar-refractivity contribution in [3.8, 4) is 0 Å². The van der Waals surface area contributed by atoms with E-state index in [-0.39, 0.29) is 59.1 Å². The second kappa shape index (κ2) is 22.2. The molecule has 32 heavy (non-hydrogen) atoms. The summed E-state index contributed by atoms with van der Waals surface area (Å²) in [5.74, 6) is -3.93. The Hall–Kier alpha value is 0.740. The van der Waals surface area contributed by atoms with Crippen molar-refractivity contribution in [2.75, 3.05) is 38.5 Å². The summed E-state index contributed by atoms with van der Waals surface area (Å²) in [5, 5.41) is 33.4. The van der Waals surface area contributed by atoms with Crippen LogP contribution in [0.15, 0.2) is 0 Å². The van der Waals surface area contributed by atoms with Gasteiger partial charge in [-0.2, -0.15) is 0 Å². The first kappa shape index (κ1) is 42.9. The van der Waals surface area contributed by atoms with E-state index < -0.39 is 79.2 Å². The molecule has 0 heterocycles. The number of carboxylic acids is 3. The molecule has 0 atom stereocenters. The fourth-order valence-electron chi connectivity index (χ4n) is 0.916. The molecule has 0 bridgehead atoms. The van der Waals surface area contributed by atoms with Crippen LogP contribution in [0.5, 0.6) is 0 Å². The molecule has 0 radical (unpaired) electrons. The number of hydrogen-bond donors (Lipinski definition) is 10. The van der Waals surface area contributed by atoms with E-state index in [4.69, 9.17) is 34.5 Å². The summed E-state index contributed by atoms with van der Waals surface area (Å²) in [6.45, 7) is -1.54. The molecule has 0 saturated heterocycles. The van der Waals surface area contributed by atoms with Crippen LogP contribution in [0.4, 0.5) is 0 Å². The minimum Gasteiger partial charge on any atom is -0.549 e. The van der Waals surface area contributed by atoms with Crippen LogP contribution < -0.4 is 85.3 Å². The van der Waals surface area contributed by atoms with Crippen molar-refractivity contribution < 1.29 is 132 Å². The molecule has 0 aliphatic carbocycles. The molecule has 0 aliphatic heterocycles. The number of carbonyl (C=O) groups excluding carboxylic acids is 2. The average molecular weight is 551 g/mol. The van der Waals surface area contributed by atoms with Gasteiger partial charge >= 0.3 is 87.9 Å². The molecule has 0 rings (SSSR count). The molecule has 0 amide bonds. The molecular weight excluding hydrogens is 529 g/mol. The fraction of sp³-hybridized carbons (Fsp3) is 0.667. The van der Waals surface area contributed by atoms with Gasteiger partial charge in [-0.25, -0.2) is 0 Å². The number of carbonyl (C=O) groups is 3. The predicted molar refractivity (Wildman–Crippen MR) is 92.4 cm³/mol. The van der Waals surface area contributed by atoms with Gasteiger partial charge in [-0.1, -0.05) is 0 Å². The zero-order valence-corrected chi connectivity index (χ0v) is 23.7. The molecule has 0 unspecified atom stereocenters. The maximum absolute atomic E-state index is 10.1. The fourth-order valence-corrected chi connectivity index (χ4v) is 2.12. The van der Waals surface area contributed by atoms with Crippen molar-refractivity contribution in [1.29, 1.82) is 0 Å². The first-order valence-corrected chi connectivity index (χ1v) is 12.5. The van der Waals surface area contributed by atoms with Gasteiger partial charge in [-0.05, 0) is 0 Å². The number of aliphatic carboxylic acids is 3. The molecule has 0 aromatic carbocycles. The third-order valence-electron chi connectivity index (χ3n) is 1.77. The van der Waals surface area contributed by atoms with E-state index in [1.807, 2.05) is 10.6 Å². The maximum atomic E-state index is 10.1. The Morgan fingerprint density at radius 3 is 0.969 bits per heavy atom. The average Bonchev–Trinajstić information content (AvgIpc) is 2.42. The van der Waals surface area contributed by atoms with Gasteiger partial charge in [-0.3, -0.25) is 23.8 Å². The summed E-state index contributed by atoms with van der Waals surface area (Å²) < 4.78 is 30.1. The standard InChI is InChI=1S/3C3H8NO5P.2Na/c3*5-3(6)1-4-2-10(7,8)9;;/h3*4H,1-2H2,(H,5,6)(H2,7,8,9);;/q;;;2*+1/p-2. The number of carboxylic acid groups (broad SMARTS) is 3. The summed E-state index contributed by atoms with van der Waals surface area (Å²) in [6.07, 6.45) is -1.87. The van der Waals surface area contributed by atoms with Crippen molar-refractivity contribution in [2.45, 2.75) is 0 Å². The van der Waals surface area contributed by atoms with E-state index >= 15 is 0 Å². The van der Waals surface area contributed by atoms with Gasteiger partial charge < -0.3 is 64.9 Å².